The zero-order valence-electron chi connectivity index (χ0n) is 10.8. The Bertz CT molecular complexity index is 321. The van der Waals surface area contributed by atoms with E-state index in [0.717, 1.165) is 24.3 Å². The Morgan fingerprint density at radius 1 is 1.38 bits per heavy atom. The van der Waals surface area contributed by atoms with Gasteiger partial charge in [-0.25, -0.2) is 4.98 Å². The first kappa shape index (κ1) is 13.0. The predicted octanol–water partition coefficient (Wildman–Crippen LogP) is 2.73. The Kier molecular flexibility index (Phi) is 4.74. The van der Waals surface area contributed by atoms with E-state index >= 15 is 0 Å². The van der Waals surface area contributed by atoms with Crippen LogP contribution < -0.4 is 10.6 Å². The van der Waals surface area contributed by atoms with Crippen LogP contribution in [0.15, 0.2) is 18.3 Å². The Labute approximate surface area is 98.7 Å². The van der Waals surface area contributed by atoms with Gasteiger partial charge < -0.3 is 10.6 Å². The highest BCUT2D eigenvalue weighted by atomic mass is 15.2. The summed E-state index contributed by atoms with van der Waals surface area (Å²) in [6.07, 6.45) is 2.96. The van der Waals surface area contributed by atoms with Crippen LogP contribution in [0.5, 0.6) is 0 Å². The van der Waals surface area contributed by atoms with Crippen LogP contribution in [-0.2, 0) is 0 Å². The molecule has 1 unspecified atom stereocenters. The molecule has 0 fully saturated rings. The van der Waals surface area contributed by atoms with Gasteiger partial charge in [0.1, 0.15) is 5.82 Å². The highest BCUT2D eigenvalue weighted by Crippen LogP contribution is 2.24. The molecule has 1 aromatic heterocycles. The molecule has 1 atom stereocenters. The number of anilines is 1. The van der Waals surface area contributed by atoms with Crippen molar-refractivity contribution in [2.75, 3.05) is 11.4 Å². The summed E-state index contributed by atoms with van der Waals surface area (Å²) in [5, 5.41) is 0. The fourth-order valence-corrected chi connectivity index (χ4v) is 1.85. The molecule has 1 aromatic rings. The minimum Gasteiger partial charge on any atom is -0.354 e. The van der Waals surface area contributed by atoms with Crippen molar-refractivity contribution >= 4 is 5.82 Å². The van der Waals surface area contributed by atoms with Crippen molar-refractivity contribution in [3.05, 3.63) is 23.9 Å². The van der Waals surface area contributed by atoms with Crippen LogP contribution in [-0.4, -0.2) is 17.6 Å². The van der Waals surface area contributed by atoms with E-state index < -0.39 is 0 Å². The van der Waals surface area contributed by atoms with Gasteiger partial charge in [-0.2, -0.15) is 0 Å². The van der Waals surface area contributed by atoms with Gasteiger partial charge in [0.15, 0.2) is 0 Å². The lowest BCUT2D eigenvalue weighted by Crippen LogP contribution is -2.33. The topological polar surface area (TPSA) is 42.2 Å². The number of aromatic nitrogens is 1. The molecule has 0 saturated carbocycles. The fourth-order valence-electron chi connectivity index (χ4n) is 1.85. The Balaban J connectivity index is 3.07. The van der Waals surface area contributed by atoms with Crippen molar-refractivity contribution < 1.29 is 0 Å². The van der Waals surface area contributed by atoms with Crippen molar-refractivity contribution in [3.8, 4) is 0 Å². The van der Waals surface area contributed by atoms with Crippen LogP contribution >= 0.6 is 0 Å². The van der Waals surface area contributed by atoms with E-state index in [1.807, 2.05) is 19.2 Å². The van der Waals surface area contributed by atoms with Crippen LogP contribution in [0, 0.1) is 0 Å². The van der Waals surface area contributed by atoms with E-state index in [-0.39, 0.29) is 6.04 Å². The van der Waals surface area contributed by atoms with Gasteiger partial charge in [-0.3, -0.25) is 0 Å². The molecule has 0 bridgehead atoms. The quantitative estimate of drug-likeness (QED) is 0.831. The minimum atomic E-state index is 0.0295. The first-order valence-corrected chi connectivity index (χ1v) is 6.05. The van der Waals surface area contributed by atoms with Gasteiger partial charge in [0.25, 0.3) is 0 Å². The lowest BCUT2D eigenvalue weighted by molar-refractivity contribution is 0.651. The van der Waals surface area contributed by atoms with Gasteiger partial charge in [0, 0.05) is 30.4 Å². The van der Waals surface area contributed by atoms with Crippen LogP contribution in [0.4, 0.5) is 5.82 Å². The lowest BCUT2D eigenvalue weighted by atomic mass is 10.1. The maximum absolute atomic E-state index is 5.98. The monoisotopic (exact) mass is 221 g/mol. The number of nitrogens with zero attached hydrogens (tertiary/aromatic N) is 2. The summed E-state index contributed by atoms with van der Waals surface area (Å²) in [6, 6.07) is 4.50. The second-order valence-electron chi connectivity index (χ2n) is 4.49. The standard InChI is InChI=1S/C13H23N3/c1-5-9-16(10(2)3)13-12(11(4)14)7-6-8-15-13/h6-8,10-11H,5,9,14H2,1-4H3. The van der Waals surface area contributed by atoms with Crippen LogP contribution in [0.3, 0.4) is 0 Å². The molecule has 3 nitrogen and oxygen atoms in total. The summed E-state index contributed by atoms with van der Waals surface area (Å²) >= 11 is 0. The van der Waals surface area contributed by atoms with E-state index in [1.54, 1.807) is 0 Å². The summed E-state index contributed by atoms with van der Waals surface area (Å²) in [5.41, 5.74) is 7.11. The van der Waals surface area contributed by atoms with Gasteiger partial charge in [0.2, 0.25) is 0 Å². The van der Waals surface area contributed by atoms with Gasteiger partial charge in [-0.1, -0.05) is 13.0 Å². The molecule has 1 heterocycles. The third-order valence-corrected chi connectivity index (χ3v) is 2.67. The Hall–Kier alpha value is -1.09. The predicted molar refractivity (Wildman–Crippen MR) is 69.6 cm³/mol. The summed E-state index contributed by atoms with van der Waals surface area (Å²) in [4.78, 5) is 6.80. The van der Waals surface area contributed by atoms with E-state index in [4.69, 9.17) is 5.73 Å². The maximum Gasteiger partial charge on any atom is 0.133 e. The van der Waals surface area contributed by atoms with Crippen molar-refractivity contribution in [3.63, 3.8) is 0 Å². The summed E-state index contributed by atoms with van der Waals surface area (Å²) in [5.74, 6) is 1.04. The molecule has 3 heteroatoms. The molecule has 90 valence electrons. The average molecular weight is 221 g/mol. The van der Waals surface area contributed by atoms with E-state index in [2.05, 4.69) is 36.7 Å². The zero-order chi connectivity index (χ0) is 12.1. The van der Waals surface area contributed by atoms with Gasteiger partial charge >= 0.3 is 0 Å². The second-order valence-corrected chi connectivity index (χ2v) is 4.49. The third kappa shape index (κ3) is 2.95. The van der Waals surface area contributed by atoms with Gasteiger partial charge in [0.05, 0.1) is 0 Å². The number of hydrogen-bond donors (Lipinski definition) is 1. The molecule has 0 spiro atoms. The molecule has 0 aliphatic rings. The molecule has 16 heavy (non-hydrogen) atoms. The third-order valence-electron chi connectivity index (χ3n) is 2.67. The highest BCUT2D eigenvalue weighted by molar-refractivity contribution is 5.48. The molecular formula is C13H23N3. The molecule has 0 aliphatic carbocycles. The van der Waals surface area contributed by atoms with E-state index in [1.165, 1.54) is 0 Å². The van der Waals surface area contributed by atoms with Crippen molar-refractivity contribution in [1.29, 1.82) is 0 Å². The van der Waals surface area contributed by atoms with Crippen LogP contribution in [0.2, 0.25) is 0 Å². The number of rotatable bonds is 5. The molecular weight excluding hydrogens is 198 g/mol. The van der Waals surface area contributed by atoms with Crippen molar-refractivity contribution in [2.24, 2.45) is 5.73 Å². The summed E-state index contributed by atoms with van der Waals surface area (Å²) in [6.45, 7) is 9.59. The summed E-state index contributed by atoms with van der Waals surface area (Å²) < 4.78 is 0. The molecule has 0 aromatic carbocycles. The molecule has 0 amide bonds. The SMILES string of the molecule is CCCN(c1ncccc1C(C)N)C(C)C. The Morgan fingerprint density at radius 3 is 2.56 bits per heavy atom. The molecule has 1 rings (SSSR count). The molecule has 2 N–H and O–H groups in total. The second kappa shape index (κ2) is 5.85. The normalized spacial score (nSPS) is 12.9. The maximum atomic E-state index is 5.98. The lowest BCUT2D eigenvalue weighted by Gasteiger charge is -2.30. The average Bonchev–Trinajstić information content (AvgIpc) is 2.25. The van der Waals surface area contributed by atoms with Crippen LogP contribution in [0.1, 0.15) is 45.7 Å². The molecule has 0 radical (unpaired) electrons. The Morgan fingerprint density at radius 2 is 2.06 bits per heavy atom. The van der Waals surface area contributed by atoms with E-state index in [0.29, 0.717) is 6.04 Å². The highest BCUT2D eigenvalue weighted by Gasteiger charge is 2.16. The van der Waals surface area contributed by atoms with Crippen molar-refractivity contribution in [2.45, 2.75) is 46.2 Å². The fraction of sp³-hybridized carbons (Fsp3) is 0.615. The number of pyridine rings is 1. The first-order chi connectivity index (χ1) is 7.57. The van der Waals surface area contributed by atoms with Gasteiger partial charge in [-0.05, 0) is 33.3 Å². The van der Waals surface area contributed by atoms with Crippen LogP contribution in [0.25, 0.3) is 0 Å². The van der Waals surface area contributed by atoms with Crippen molar-refractivity contribution in [1.82, 2.24) is 4.98 Å². The molecule has 0 saturated heterocycles. The largest absolute Gasteiger partial charge is 0.354 e. The molecule has 0 aliphatic heterocycles. The van der Waals surface area contributed by atoms with Gasteiger partial charge in [-0.15, -0.1) is 0 Å². The first-order valence-electron chi connectivity index (χ1n) is 6.05. The summed E-state index contributed by atoms with van der Waals surface area (Å²) in [7, 11) is 0. The number of hydrogen-bond acceptors (Lipinski definition) is 3. The smallest absolute Gasteiger partial charge is 0.133 e. The minimum absolute atomic E-state index is 0.0295. The van der Waals surface area contributed by atoms with E-state index in [9.17, 15) is 0 Å². The zero-order valence-corrected chi connectivity index (χ0v) is 10.8. The number of nitrogens with two attached hydrogens (primary N) is 1.